The lowest BCUT2D eigenvalue weighted by Gasteiger charge is -2.13. The summed E-state index contributed by atoms with van der Waals surface area (Å²) >= 11 is 0. The van der Waals surface area contributed by atoms with Crippen LogP contribution < -0.4 is 15.4 Å². The van der Waals surface area contributed by atoms with E-state index in [-0.39, 0.29) is 5.75 Å². The highest BCUT2D eigenvalue weighted by Crippen LogP contribution is 2.18. The van der Waals surface area contributed by atoms with Gasteiger partial charge in [0, 0.05) is 45.5 Å². The molecule has 0 radical (unpaired) electrons. The summed E-state index contributed by atoms with van der Waals surface area (Å²) in [5, 5.41) is 15.5. The van der Waals surface area contributed by atoms with E-state index in [2.05, 4.69) is 15.6 Å². The molecular weight excluding hydrogens is 337 g/mol. The smallest absolute Gasteiger partial charge is 0.195 e. The number of nitrogens with zero attached hydrogens (tertiary/aromatic N) is 1. The van der Waals surface area contributed by atoms with Gasteiger partial charge in [-0.3, -0.25) is 4.99 Å². The second-order valence-electron chi connectivity index (χ2n) is 5.56. The molecule has 140 valence electrons. The van der Waals surface area contributed by atoms with E-state index in [9.17, 15) is 9.50 Å². The number of anilines is 1. The first-order valence-corrected chi connectivity index (χ1v) is 8.29. The molecule has 7 heteroatoms. The minimum Gasteiger partial charge on any atom is -0.505 e. The van der Waals surface area contributed by atoms with Gasteiger partial charge in [-0.25, -0.2) is 4.39 Å². The molecule has 0 unspecified atom stereocenters. The Labute approximate surface area is 152 Å². The quantitative estimate of drug-likeness (QED) is 0.383. The fourth-order valence-electron chi connectivity index (χ4n) is 2.22. The van der Waals surface area contributed by atoms with Crippen molar-refractivity contribution >= 4 is 11.6 Å². The standard InChI is InChI=1S/C19H24FN3O3/c1-21-19(22-13-14-7-8-18(24)17(20)11-14)23-15-5-3-6-16(12-15)26-10-4-9-25-2/h3,5-8,11-12,24H,4,9-10,13H2,1-2H3,(H2,21,22,23). The number of aliphatic imine (C=N–C) groups is 1. The summed E-state index contributed by atoms with van der Waals surface area (Å²) in [6.45, 7) is 1.60. The van der Waals surface area contributed by atoms with E-state index in [0.717, 1.165) is 17.9 Å². The molecule has 2 rings (SSSR count). The van der Waals surface area contributed by atoms with Crippen LogP contribution in [0.1, 0.15) is 12.0 Å². The number of aromatic hydroxyl groups is 1. The Bertz CT molecular complexity index is 738. The number of rotatable bonds is 8. The van der Waals surface area contributed by atoms with Crippen molar-refractivity contribution in [3.05, 3.63) is 53.8 Å². The molecule has 0 atom stereocenters. The van der Waals surface area contributed by atoms with Crippen LogP contribution in [-0.2, 0) is 11.3 Å². The van der Waals surface area contributed by atoms with E-state index in [0.29, 0.717) is 31.3 Å². The van der Waals surface area contributed by atoms with Crippen LogP contribution in [0.25, 0.3) is 0 Å². The first-order chi connectivity index (χ1) is 12.6. The molecule has 2 aromatic carbocycles. The number of hydrogen-bond acceptors (Lipinski definition) is 4. The summed E-state index contributed by atoms with van der Waals surface area (Å²) in [7, 11) is 3.31. The molecule has 0 aliphatic rings. The normalized spacial score (nSPS) is 11.3. The number of guanidine groups is 1. The van der Waals surface area contributed by atoms with Crippen molar-refractivity contribution in [3.8, 4) is 11.5 Å². The van der Waals surface area contributed by atoms with E-state index in [4.69, 9.17) is 9.47 Å². The number of ether oxygens (including phenoxy) is 2. The lowest BCUT2D eigenvalue weighted by Crippen LogP contribution is -2.30. The van der Waals surface area contributed by atoms with Gasteiger partial charge in [-0.1, -0.05) is 12.1 Å². The van der Waals surface area contributed by atoms with Gasteiger partial charge in [0.25, 0.3) is 0 Å². The molecule has 0 spiro atoms. The molecule has 6 nitrogen and oxygen atoms in total. The van der Waals surface area contributed by atoms with Crippen molar-refractivity contribution in [3.63, 3.8) is 0 Å². The van der Waals surface area contributed by atoms with Crippen LogP contribution in [0, 0.1) is 5.82 Å². The Morgan fingerprint density at radius 1 is 1.19 bits per heavy atom. The van der Waals surface area contributed by atoms with Gasteiger partial charge in [0.1, 0.15) is 5.75 Å². The highest BCUT2D eigenvalue weighted by molar-refractivity contribution is 5.93. The predicted molar refractivity (Wildman–Crippen MR) is 100 cm³/mol. The Morgan fingerprint density at radius 3 is 2.77 bits per heavy atom. The van der Waals surface area contributed by atoms with Crippen molar-refractivity contribution in [2.45, 2.75) is 13.0 Å². The molecule has 0 aromatic heterocycles. The molecule has 0 aliphatic carbocycles. The number of hydrogen-bond donors (Lipinski definition) is 3. The largest absolute Gasteiger partial charge is 0.505 e. The van der Waals surface area contributed by atoms with Crippen LogP contribution in [0.2, 0.25) is 0 Å². The van der Waals surface area contributed by atoms with E-state index in [1.165, 1.54) is 12.1 Å². The molecule has 0 aliphatic heterocycles. The first kappa shape index (κ1) is 19.5. The maximum Gasteiger partial charge on any atom is 0.195 e. The number of phenols is 1. The highest BCUT2D eigenvalue weighted by atomic mass is 19.1. The fourth-order valence-corrected chi connectivity index (χ4v) is 2.22. The van der Waals surface area contributed by atoms with Gasteiger partial charge in [0.2, 0.25) is 0 Å². The van der Waals surface area contributed by atoms with Gasteiger partial charge in [-0.05, 0) is 29.8 Å². The second-order valence-corrected chi connectivity index (χ2v) is 5.56. The molecule has 0 saturated heterocycles. The SMILES string of the molecule is CN=C(NCc1ccc(O)c(F)c1)Nc1cccc(OCCCOC)c1. The zero-order valence-corrected chi connectivity index (χ0v) is 15.0. The zero-order chi connectivity index (χ0) is 18.8. The molecule has 2 aromatic rings. The summed E-state index contributed by atoms with van der Waals surface area (Å²) in [6, 6.07) is 11.8. The van der Waals surface area contributed by atoms with Crippen LogP contribution >= 0.6 is 0 Å². The van der Waals surface area contributed by atoms with Crippen molar-refractivity contribution in [2.75, 3.05) is 32.7 Å². The van der Waals surface area contributed by atoms with Crippen molar-refractivity contribution in [1.82, 2.24) is 5.32 Å². The summed E-state index contributed by atoms with van der Waals surface area (Å²) in [5.74, 6) is 0.279. The maximum absolute atomic E-state index is 13.4. The van der Waals surface area contributed by atoms with Gasteiger partial charge >= 0.3 is 0 Å². The number of methoxy groups -OCH3 is 1. The molecule has 0 saturated carbocycles. The fraction of sp³-hybridized carbons (Fsp3) is 0.316. The van der Waals surface area contributed by atoms with Crippen LogP contribution in [-0.4, -0.2) is 38.4 Å². The number of nitrogens with one attached hydrogen (secondary N) is 2. The van der Waals surface area contributed by atoms with Crippen LogP contribution in [0.15, 0.2) is 47.5 Å². The zero-order valence-electron chi connectivity index (χ0n) is 15.0. The third kappa shape index (κ3) is 6.25. The van der Waals surface area contributed by atoms with Gasteiger partial charge in [-0.2, -0.15) is 0 Å². The third-order valence-electron chi connectivity index (χ3n) is 3.55. The average molecular weight is 361 g/mol. The minimum atomic E-state index is -0.648. The Kier molecular flexibility index (Phi) is 7.70. The average Bonchev–Trinajstić information content (AvgIpc) is 2.65. The molecule has 0 bridgehead atoms. The number of benzene rings is 2. The summed E-state index contributed by atoms with van der Waals surface area (Å²) in [6.07, 6.45) is 0.820. The molecule has 26 heavy (non-hydrogen) atoms. The number of halogens is 1. The lowest BCUT2D eigenvalue weighted by molar-refractivity contribution is 0.172. The topological polar surface area (TPSA) is 75.1 Å². The van der Waals surface area contributed by atoms with E-state index >= 15 is 0 Å². The van der Waals surface area contributed by atoms with Crippen LogP contribution in [0.4, 0.5) is 10.1 Å². The van der Waals surface area contributed by atoms with Crippen LogP contribution in [0.3, 0.4) is 0 Å². The summed E-state index contributed by atoms with van der Waals surface area (Å²) < 4.78 is 24.0. The van der Waals surface area contributed by atoms with E-state index < -0.39 is 5.82 Å². The van der Waals surface area contributed by atoms with Crippen molar-refractivity contribution in [1.29, 1.82) is 0 Å². The maximum atomic E-state index is 13.4. The Balaban J connectivity index is 1.89. The number of phenolic OH excluding ortho intramolecular Hbond substituents is 1. The second kappa shape index (κ2) is 10.2. The van der Waals surface area contributed by atoms with E-state index in [1.807, 2.05) is 24.3 Å². The molecule has 0 heterocycles. The van der Waals surface area contributed by atoms with Gasteiger partial charge in [-0.15, -0.1) is 0 Å². The summed E-state index contributed by atoms with van der Waals surface area (Å²) in [4.78, 5) is 4.15. The van der Waals surface area contributed by atoms with Crippen molar-refractivity contribution < 1.29 is 19.0 Å². The lowest BCUT2D eigenvalue weighted by atomic mass is 10.2. The highest BCUT2D eigenvalue weighted by Gasteiger charge is 2.04. The van der Waals surface area contributed by atoms with Gasteiger partial charge in [0.15, 0.2) is 17.5 Å². The summed E-state index contributed by atoms with van der Waals surface area (Å²) in [5.41, 5.74) is 1.51. The molecule has 0 amide bonds. The predicted octanol–water partition coefficient (Wildman–Crippen LogP) is 3.13. The van der Waals surface area contributed by atoms with Gasteiger partial charge in [0.05, 0.1) is 6.61 Å². The first-order valence-electron chi connectivity index (χ1n) is 8.29. The monoisotopic (exact) mass is 361 g/mol. The van der Waals surface area contributed by atoms with E-state index in [1.54, 1.807) is 20.2 Å². The Morgan fingerprint density at radius 2 is 2.04 bits per heavy atom. The van der Waals surface area contributed by atoms with Gasteiger partial charge < -0.3 is 25.2 Å². The third-order valence-corrected chi connectivity index (χ3v) is 3.55. The van der Waals surface area contributed by atoms with Crippen molar-refractivity contribution in [2.24, 2.45) is 4.99 Å². The Hall–Kier alpha value is -2.80. The molecule has 0 fully saturated rings. The van der Waals surface area contributed by atoms with Crippen LogP contribution in [0.5, 0.6) is 11.5 Å². The minimum absolute atomic E-state index is 0.362. The molecule has 3 N–H and O–H groups in total. The molecular formula is C19H24FN3O3.